The van der Waals surface area contributed by atoms with Crippen molar-refractivity contribution in [1.82, 2.24) is 4.98 Å². The van der Waals surface area contributed by atoms with Crippen LogP contribution in [-0.2, 0) is 9.53 Å². The number of thioether (sulfide) groups is 1. The number of para-hydroxylation sites is 1. The summed E-state index contributed by atoms with van der Waals surface area (Å²) in [6.07, 6.45) is 2.34. The summed E-state index contributed by atoms with van der Waals surface area (Å²) < 4.78 is 7.96. The fourth-order valence-corrected chi connectivity index (χ4v) is 6.76. The maximum atomic E-state index is 11.8. The van der Waals surface area contributed by atoms with Crippen LogP contribution in [0.5, 0.6) is 0 Å². The van der Waals surface area contributed by atoms with E-state index in [4.69, 9.17) is 9.72 Å². The Labute approximate surface area is 124 Å². The van der Waals surface area contributed by atoms with Crippen LogP contribution in [0.15, 0.2) is 28.6 Å². The molecular weight excluding hydrogens is 290 g/mol. The minimum Gasteiger partial charge on any atom is -0.461 e. The summed E-state index contributed by atoms with van der Waals surface area (Å²) in [5.74, 6) is 1.38. The van der Waals surface area contributed by atoms with E-state index in [1.807, 2.05) is 17.8 Å². The van der Waals surface area contributed by atoms with Crippen molar-refractivity contribution in [2.45, 2.75) is 28.5 Å². The van der Waals surface area contributed by atoms with E-state index in [0.717, 1.165) is 16.3 Å². The normalized spacial score (nSPS) is 37.8. The Morgan fingerprint density at radius 3 is 3.10 bits per heavy atom. The van der Waals surface area contributed by atoms with Crippen LogP contribution in [0.25, 0.3) is 10.2 Å². The lowest BCUT2D eigenvalue weighted by molar-refractivity contribution is -0.143. The lowest BCUT2D eigenvalue weighted by atomic mass is 9.90. The van der Waals surface area contributed by atoms with Crippen molar-refractivity contribution >= 4 is 39.3 Å². The molecule has 0 unspecified atom stereocenters. The Morgan fingerprint density at radius 1 is 1.30 bits per heavy atom. The van der Waals surface area contributed by atoms with Gasteiger partial charge in [-0.3, -0.25) is 4.79 Å². The summed E-state index contributed by atoms with van der Waals surface area (Å²) in [5.41, 5.74) is 1.07. The number of rotatable bonds is 2. The first kappa shape index (κ1) is 11.6. The number of nitrogens with zero attached hydrogens (tertiary/aromatic N) is 1. The van der Waals surface area contributed by atoms with Gasteiger partial charge >= 0.3 is 5.97 Å². The number of hydrogen-bond acceptors (Lipinski definition) is 5. The molecule has 0 spiro atoms. The first-order valence-electron chi connectivity index (χ1n) is 7.02. The molecular formula is C15H13NO2S2. The highest BCUT2D eigenvalue weighted by Crippen LogP contribution is 2.59. The highest BCUT2D eigenvalue weighted by molar-refractivity contribution is 8.01. The molecule has 3 aliphatic rings. The van der Waals surface area contributed by atoms with E-state index in [-0.39, 0.29) is 18.0 Å². The maximum Gasteiger partial charge on any atom is 0.309 e. The lowest BCUT2D eigenvalue weighted by Crippen LogP contribution is -2.29. The van der Waals surface area contributed by atoms with Gasteiger partial charge in [0.15, 0.2) is 4.34 Å². The molecule has 2 saturated carbocycles. The van der Waals surface area contributed by atoms with Gasteiger partial charge in [-0.05, 0) is 30.9 Å². The number of carbonyl (C=O) groups is 1. The van der Waals surface area contributed by atoms with Crippen molar-refractivity contribution in [1.29, 1.82) is 0 Å². The van der Waals surface area contributed by atoms with Crippen LogP contribution < -0.4 is 0 Å². The third kappa shape index (κ3) is 1.48. The van der Waals surface area contributed by atoms with E-state index >= 15 is 0 Å². The van der Waals surface area contributed by atoms with Gasteiger partial charge in [0.25, 0.3) is 0 Å². The fourth-order valence-electron chi connectivity index (χ4n) is 4.08. The Bertz CT molecular complexity index is 680. The lowest BCUT2D eigenvalue weighted by Gasteiger charge is -2.23. The van der Waals surface area contributed by atoms with Gasteiger partial charge in [0.2, 0.25) is 0 Å². The standard InChI is InChI=1S/C15H13NO2S2/c17-14-9-6-7-5-8(9)12(18-14)13(7)20-15-16-10-3-1-2-4-11(10)19-15/h1-4,7-9,12-13H,5-6H2/t7-,8+,9+,12-,13+/m0/s1. The van der Waals surface area contributed by atoms with E-state index in [1.54, 1.807) is 11.3 Å². The number of hydrogen-bond donors (Lipinski definition) is 0. The number of benzene rings is 1. The van der Waals surface area contributed by atoms with Crippen LogP contribution in [-0.4, -0.2) is 22.3 Å². The van der Waals surface area contributed by atoms with Crippen LogP contribution in [0.1, 0.15) is 12.8 Å². The van der Waals surface area contributed by atoms with Crippen molar-refractivity contribution in [3.05, 3.63) is 24.3 Å². The molecule has 1 aromatic heterocycles. The minimum atomic E-state index is 0.0508. The summed E-state index contributed by atoms with van der Waals surface area (Å²) in [7, 11) is 0. The molecule has 3 nitrogen and oxygen atoms in total. The van der Waals surface area contributed by atoms with Crippen LogP contribution in [0, 0.1) is 17.8 Å². The van der Waals surface area contributed by atoms with E-state index in [0.29, 0.717) is 17.1 Å². The fraction of sp³-hybridized carbons (Fsp3) is 0.467. The van der Waals surface area contributed by atoms with Gasteiger partial charge in [-0.25, -0.2) is 4.98 Å². The maximum absolute atomic E-state index is 11.8. The Morgan fingerprint density at radius 2 is 2.20 bits per heavy atom. The smallest absolute Gasteiger partial charge is 0.309 e. The van der Waals surface area contributed by atoms with Crippen molar-refractivity contribution in [2.24, 2.45) is 17.8 Å². The first-order valence-corrected chi connectivity index (χ1v) is 8.72. The largest absolute Gasteiger partial charge is 0.461 e. The summed E-state index contributed by atoms with van der Waals surface area (Å²) in [6.45, 7) is 0. The molecule has 0 radical (unpaired) electrons. The highest BCUT2D eigenvalue weighted by Gasteiger charge is 2.62. The molecule has 2 heterocycles. The molecule has 5 rings (SSSR count). The summed E-state index contributed by atoms with van der Waals surface area (Å²) in [4.78, 5) is 16.5. The van der Waals surface area contributed by atoms with Crippen molar-refractivity contribution < 1.29 is 9.53 Å². The average molecular weight is 303 g/mol. The Kier molecular flexibility index (Phi) is 2.30. The number of fused-ring (bicyclic) bond motifs is 2. The van der Waals surface area contributed by atoms with Gasteiger partial charge in [0.1, 0.15) is 6.10 Å². The number of ether oxygens (including phenoxy) is 1. The minimum absolute atomic E-state index is 0.0508. The summed E-state index contributed by atoms with van der Waals surface area (Å²) >= 11 is 3.58. The quantitative estimate of drug-likeness (QED) is 0.798. The van der Waals surface area contributed by atoms with Gasteiger partial charge in [-0.2, -0.15) is 0 Å². The van der Waals surface area contributed by atoms with Gasteiger partial charge in [0.05, 0.1) is 21.4 Å². The SMILES string of the molecule is O=C1O[C@H]2[C@@H]3C[C@@H](C[C@@H]13)[C@H]2Sc1nc2ccccc2s1. The van der Waals surface area contributed by atoms with Crippen LogP contribution >= 0.6 is 23.1 Å². The molecule has 102 valence electrons. The molecule has 1 saturated heterocycles. The zero-order valence-electron chi connectivity index (χ0n) is 10.7. The van der Waals surface area contributed by atoms with Gasteiger partial charge < -0.3 is 4.74 Å². The monoisotopic (exact) mass is 303 g/mol. The molecule has 20 heavy (non-hydrogen) atoms. The third-order valence-electron chi connectivity index (χ3n) is 4.92. The molecule has 2 aliphatic carbocycles. The predicted molar refractivity (Wildman–Crippen MR) is 78.8 cm³/mol. The van der Waals surface area contributed by atoms with Gasteiger partial charge in [-0.15, -0.1) is 11.3 Å². The van der Waals surface area contributed by atoms with Crippen molar-refractivity contribution in [2.75, 3.05) is 0 Å². The molecule has 3 fully saturated rings. The average Bonchev–Trinajstić information content (AvgIpc) is 3.14. The summed E-state index contributed by atoms with van der Waals surface area (Å²) in [6, 6.07) is 8.25. The highest BCUT2D eigenvalue weighted by atomic mass is 32.2. The zero-order valence-corrected chi connectivity index (χ0v) is 12.3. The Balaban J connectivity index is 1.46. The van der Waals surface area contributed by atoms with Gasteiger partial charge in [0, 0.05) is 5.92 Å². The second kappa shape index (κ2) is 3.98. The second-order valence-corrected chi connectivity index (χ2v) is 8.39. The number of carbonyl (C=O) groups excluding carboxylic acids is 1. The molecule has 5 atom stereocenters. The third-order valence-corrected chi connectivity index (χ3v) is 7.51. The molecule has 1 aliphatic heterocycles. The molecule has 2 aromatic rings. The molecule has 0 amide bonds. The zero-order chi connectivity index (χ0) is 13.3. The number of esters is 1. The van der Waals surface area contributed by atoms with Crippen molar-refractivity contribution in [3.8, 4) is 0 Å². The van der Waals surface area contributed by atoms with E-state index in [2.05, 4.69) is 18.2 Å². The molecule has 0 N–H and O–H groups in total. The van der Waals surface area contributed by atoms with E-state index < -0.39 is 0 Å². The molecule has 5 heteroatoms. The molecule has 1 aromatic carbocycles. The number of aromatic nitrogens is 1. The predicted octanol–water partition coefficient (Wildman–Crippen LogP) is 3.34. The van der Waals surface area contributed by atoms with Crippen molar-refractivity contribution in [3.63, 3.8) is 0 Å². The van der Waals surface area contributed by atoms with Crippen LogP contribution in [0.4, 0.5) is 0 Å². The van der Waals surface area contributed by atoms with Gasteiger partial charge in [-0.1, -0.05) is 23.9 Å². The summed E-state index contributed by atoms with van der Waals surface area (Å²) in [5, 5.41) is 0.420. The second-order valence-electron chi connectivity index (χ2n) is 5.93. The first-order chi connectivity index (χ1) is 9.79. The molecule has 2 bridgehead atoms. The number of thiazole rings is 1. The van der Waals surface area contributed by atoms with Crippen LogP contribution in [0.3, 0.4) is 0 Å². The van der Waals surface area contributed by atoms with Crippen LogP contribution in [0.2, 0.25) is 0 Å². The van der Waals surface area contributed by atoms with E-state index in [9.17, 15) is 4.79 Å². The van der Waals surface area contributed by atoms with E-state index in [1.165, 1.54) is 11.1 Å². The Hall–Kier alpha value is -1.07. The topological polar surface area (TPSA) is 39.2 Å².